The molecular weight excluding hydrogens is 320 g/mol. The SMILES string of the molecule is CC(N)C1CCCCN1C(=O)CN1C(=O)N(C)C2(CCCCC2)C1=O. The van der Waals surface area contributed by atoms with Gasteiger partial charge in [-0.1, -0.05) is 19.3 Å². The molecule has 140 valence electrons. The minimum atomic E-state index is -0.724. The number of likely N-dealkylation sites (N-methyl/N-ethyl adjacent to an activating group) is 1. The summed E-state index contributed by atoms with van der Waals surface area (Å²) in [6, 6.07) is -0.452. The van der Waals surface area contributed by atoms with Crippen LogP contribution >= 0.6 is 0 Å². The first-order valence-electron chi connectivity index (χ1n) is 9.53. The first kappa shape index (κ1) is 18.2. The summed E-state index contributed by atoms with van der Waals surface area (Å²) in [5, 5.41) is 0. The van der Waals surface area contributed by atoms with Crippen LogP contribution in [0.2, 0.25) is 0 Å². The molecule has 2 atom stereocenters. The highest BCUT2D eigenvalue weighted by Crippen LogP contribution is 2.39. The number of hydrogen-bond acceptors (Lipinski definition) is 4. The van der Waals surface area contributed by atoms with Gasteiger partial charge >= 0.3 is 6.03 Å². The van der Waals surface area contributed by atoms with Crippen LogP contribution < -0.4 is 5.73 Å². The molecule has 2 N–H and O–H groups in total. The molecule has 3 fully saturated rings. The summed E-state index contributed by atoms with van der Waals surface area (Å²) >= 11 is 0. The van der Waals surface area contributed by atoms with Gasteiger partial charge < -0.3 is 15.5 Å². The lowest BCUT2D eigenvalue weighted by Gasteiger charge is -2.38. The Kier molecular flexibility index (Phi) is 5.04. The molecule has 0 aromatic heterocycles. The van der Waals surface area contributed by atoms with E-state index in [2.05, 4.69) is 0 Å². The van der Waals surface area contributed by atoms with Gasteiger partial charge in [-0.25, -0.2) is 4.79 Å². The lowest BCUT2D eigenvalue weighted by atomic mass is 9.81. The predicted octanol–water partition coefficient (Wildman–Crippen LogP) is 1.31. The van der Waals surface area contributed by atoms with Crippen LogP contribution in [-0.4, -0.2) is 70.3 Å². The van der Waals surface area contributed by atoms with E-state index in [1.54, 1.807) is 16.8 Å². The number of nitrogens with zero attached hydrogens (tertiary/aromatic N) is 3. The number of carbonyl (C=O) groups excluding carboxylic acids is 3. The van der Waals surface area contributed by atoms with Crippen molar-refractivity contribution in [3.05, 3.63) is 0 Å². The van der Waals surface area contributed by atoms with Gasteiger partial charge in [0, 0.05) is 25.7 Å². The molecular formula is C18H30N4O3. The number of urea groups is 1. The molecule has 1 saturated carbocycles. The van der Waals surface area contributed by atoms with Crippen molar-refractivity contribution < 1.29 is 14.4 Å². The van der Waals surface area contributed by atoms with Gasteiger partial charge in [0.1, 0.15) is 12.1 Å². The van der Waals surface area contributed by atoms with E-state index in [1.807, 2.05) is 6.92 Å². The fourth-order valence-corrected chi connectivity index (χ4v) is 4.71. The minimum Gasteiger partial charge on any atom is -0.337 e. The molecule has 2 aliphatic heterocycles. The van der Waals surface area contributed by atoms with Crippen molar-refractivity contribution in [3.63, 3.8) is 0 Å². The Hall–Kier alpha value is -1.63. The number of piperidine rings is 1. The molecule has 0 radical (unpaired) electrons. The zero-order valence-electron chi connectivity index (χ0n) is 15.4. The van der Waals surface area contributed by atoms with Crippen LogP contribution in [0.15, 0.2) is 0 Å². The van der Waals surface area contributed by atoms with Crippen LogP contribution in [0.3, 0.4) is 0 Å². The maximum absolute atomic E-state index is 13.0. The maximum Gasteiger partial charge on any atom is 0.327 e. The maximum atomic E-state index is 13.0. The largest absolute Gasteiger partial charge is 0.337 e. The van der Waals surface area contributed by atoms with Crippen LogP contribution in [0.25, 0.3) is 0 Å². The number of nitrogens with two attached hydrogens (primary N) is 1. The molecule has 7 nitrogen and oxygen atoms in total. The number of rotatable bonds is 3. The molecule has 1 spiro atoms. The van der Waals surface area contributed by atoms with E-state index in [9.17, 15) is 14.4 Å². The van der Waals surface area contributed by atoms with Gasteiger partial charge in [-0.3, -0.25) is 14.5 Å². The van der Waals surface area contributed by atoms with Crippen molar-refractivity contribution in [3.8, 4) is 0 Å². The van der Waals surface area contributed by atoms with Gasteiger partial charge in [0.15, 0.2) is 0 Å². The molecule has 0 aromatic carbocycles. The number of imide groups is 1. The normalized spacial score (nSPS) is 28.0. The van der Waals surface area contributed by atoms with Crippen molar-refractivity contribution in [2.45, 2.75) is 75.9 Å². The summed E-state index contributed by atoms with van der Waals surface area (Å²) < 4.78 is 0. The lowest BCUT2D eigenvalue weighted by molar-refractivity contribution is -0.142. The van der Waals surface area contributed by atoms with Crippen molar-refractivity contribution in [2.75, 3.05) is 20.1 Å². The second-order valence-corrected chi connectivity index (χ2v) is 7.83. The summed E-state index contributed by atoms with van der Waals surface area (Å²) in [6.45, 7) is 2.41. The van der Waals surface area contributed by atoms with Gasteiger partial charge in [-0.2, -0.15) is 0 Å². The van der Waals surface area contributed by atoms with E-state index >= 15 is 0 Å². The number of amides is 4. The third-order valence-corrected chi connectivity index (χ3v) is 6.25. The van der Waals surface area contributed by atoms with Crippen LogP contribution in [0.5, 0.6) is 0 Å². The summed E-state index contributed by atoms with van der Waals surface area (Å²) in [4.78, 5) is 43.0. The Morgan fingerprint density at radius 2 is 1.88 bits per heavy atom. The van der Waals surface area contributed by atoms with Gasteiger partial charge in [0.05, 0.1) is 0 Å². The fraction of sp³-hybridized carbons (Fsp3) is 0.833. The molecule has 7 heteroatoms. The Morgan fingerprint density at radius 3 is 2.52 bits per heavy atom. The molecule has 25 heavy (non-hydrogen) atoms. The highest BCUT2D eigenvalue weighted by molar-refractivity contribution is 6.09. The molecule has 3 aliphatic rings. The highest BCUT2D eigenvalue weighted by Gasteiger charge is 2.56. The van der Waals surface area contributed by atoms with Gasteiger partial charge in [-0.05, 0) is 39.0 Å². The minimum absolute atomic E-state index is 0.00423. The average molecular weight is 350 g/mol. The van der Waals surface area contributed by atoms with Crippen LogP contribution in [0.1, 0.15) is 58.3 Å². The van der Waals surface area contributed by atoms with E-state index in [0.717, 1.165) is 38.5 Å². The third-order valence-electron chi connectivity index (χ3n) is 6.25. The van der Waals surface area contributed by atoms with Gasteiger partial charge in [0.2, 0.25) is 5.91 Å². The zero-order chi connectivity index (χ0) is 18.2. The summed E-state index contributed by atoms with van der Waals surface area (Å²) in [7, 11) is 1.70. The van der Waals surface area contributed by atoms with E-state index in [4.69, 9.17) is 5.73 Å². The number of carbonyl (C=O) groups is 3. The Morgan fingerprint density at radius 1 is 1.20 bits per heavy atom. The fourth-order valence-electron chi connectivity index (χ4n) is 4.71. The molecule has 3 rings (SSSR count). The summed E-state index contributed by atoms with van der Waals surface area (Å²) in [5.74, 6) is -0.354. The molecule has 2 saturated heterocycles. The Bertz CT molecular complexity index is 557. The highest BCUT2D eigenvalue weighted by atomic mass is 16.2. The quantitative estimate of drug-likeness (QED) is 0.778. The molecule has 2 unspecified atom stereocenters. The molecule has 2 heterocycles. The first-order chi connectivity index (χ1) is 11.9. The van der Waals surface area contributed by atoms with Crippen LogP contribution in [0.4, 0.5) is 4.79 Å². The number of likely N-dealkylation sites (tertiary alicyclic amines) is 1. The third kappa shape index (κ3) is 3.03. The summed E-state index contributed by atoms with van der Waals surface area (Å²) in [5.41, 5.74) is 5.32. The van der Waals surface area contributed by atoms with Crippen molar-refractivity contribution in [1.82, 2.24) is 14.7 Å². The standard InChI is InChI=1S/C18H30N4O3/c1-13(19)14-8-4-7-11-21(14)15(23)12-22-16(24)18(20(2)17(22)25)9-5-3-6-10-18/h13-14H,3-12,19H2,1-2H3. The first-order valence-corrected chi connectivity index (χ1v) is 9.53. The second-order valence-electron chi connectivity index (χ2n) is 7.83. The molecule has 0 bridgehead atoms. The molecule has 1 aliphatic carbocycles. The lowest BCUT2D eigenvalue weighted by Crippen LogP contribution is -2.55. The smallest absolute Gasteiger partial charge is 0.327 e. The Balaban J connectivity index is 1.74. The molecule has 4 amide bonds. The zero-order valence-corrected chi connectivity index (χ0v) is 15.4. The van der Waals surface area contributed by atoms with Crippen LogP contribution in [-0.2, 0) is 9.59 Å². The van der Waals surface area contributed by atoms with Gasteiger partial charge in [0.25, 0.3) is 5.91 Å². The monoisotopic (exact) mass is 350 g/mol. The van der Waals surface area contributed by atoms with Crippen molar-refractivity contribution >= 4 is 17.8 Å². The average Bonchev–Trinajstić information content (AvgIpc) is 2.78. The summed E-state index contributed by atoms with van der Waals surface area (Å²) in [6.07, 6.45) is 7.28. The van der Waals surface area contributed by atoms with Crippen molar-refractivity contribution in [1.29, 1.82) is 0 Å². The number of hydrogen-bond donors (Lipinski definition) is 1. The predicted molar refractivity (Wildman–Crippen MR) is 93.7 cm³/mol. The van der Waals surface area contributed by atoms with E-state index in [1.165, 1.54) is 4.90 Å². The topological polar surface area (TPSA) is 86.9 Å². The van der Waals surface area contributed by atoms with Crippen molar-refractivity contribution in [2.24, 2.45) is 5.73 Å². The van der Waals surface area contributed by atoms with E-state index in [-0.39, 0.29) is 36.5 Å². The van der Waals surface area contributed by atoms with Crippen LogP contribution in [0, 0.1) is 0 Å². The Labute approximate surface area is 149 Å². The van der Waals surface area contributed by atoms with E-state index in [0.29, 0.717) is 19.4 Å². The molecule has 0 aromatic rings. The van der Waals surface area contributed by atoms with Gasteiger partial charge in [-0.15, -0.1) is 0 Å². The second kappa shape index (κ2) is 6.94. The van der Waals surface area contributed by atoms with E-state index < -0.39 is 5.54 Å².